The Morgan fingerprint density at radius 1 is 1.12 bits per heavy atom. The average Bonchev–Trinajstić information content (AvgIpc) is 3.39. The van der Waals surface area contributed by atoms with Crippen molar-refractivity contribution in [1.82, 2.24) is 4.98 Å². The molecule has 0 unspecified atom stereocenters. The number of hydrogen-bond acceptors (Lipinski definition) is 5. The summed E-state index contributed by atoms with van der Waals surface area (Å²) in [5, 5.41) is 6.14. The zero-order valence-electron chi connectivity index (χ0n) is 14.6. The molecule has 0 spiro atoms. The van der Waals surface area contributed by atoms with E-state index >= 15 is 0 Å². The van der Waals surface area contributed by atoms with Crippen molar-refractivity contribution in [2.75, 3.05) is 42.3 Å². The second-order valence-corrected chi connectivity index (χ2v) is 7.36. The van der Waals surface area contributed by atoms with Crippen molar-refractivity contribution in [2.24, 2.45) is 5.73 Å². The van der Waals surface area contributed by atoms with E-state index in [0.29, 0.717) is 12.1 Å². The van der Waals surface area contributed by atoms with Crippen molar-refractivity contribution < 1.29 is 0 Å². The molecule has 1 aromatic heterocycles. The average molecular weight is 325 g/mol. The van der Waals surface area contributed by atoms with Gasteiger partial charge in [0.2, 0.25) is 0 Å². The Morgan fingerprint density at radius 3 is 2.54 bits per heavy atom. The summed E-state index contributed by atoms with van der Waals surface area (Å²) in [7, 11) is 4.17. The van der Waals surface area contributed by atoms with E-state index in [0.717, 1.165) is 37.4 Å². The predicted octanol–water partition coefficient (Wildman–Crippen LogP) is 2.80. The maximum atomic E-state index is 6.07. The fourth-order valence-corrected chi connectivity index (χ4v) is 3.42. The topological polar surface area (TPSA) is 57.4 Å². The third-order valence-electron chi connectivity index (χ3n) is 5.14. The third kappa shape index (κ3) is 3.00. The van der Waals surface area contributed by atoms with Gasteiger partial charge in [-0.1, -0.05) is 6.07 Å². The van der Waals surface area contributed by atoms with Crippen LogP contribution in [0.3, 0.4) is 0 Å². The van der Waals surface area contributed by atoms with Crippen molar-refractivity contribution in [1.29, 1.82) is 0 Å². The summed E-state index contributed by atoms with van der Waals surface area (Å²) in [4.78, 5) is 9.38. The van der Waals surface area contributed by atoms with Gasteiger partial charge < -0.3 is 20.9 Å². The molecule has 0 amide bonds. The Morgan fingerprint density at radius 2 is 1.88 bits per heavy atom. The van der Waals surface area contributed by atoms with E-state index < -0.39 is 0 Å². The van der Waals surface area contributed by atoms with Crippen LogP contribution < -0.4 is 20.9 Å². The molecule has 2 fully saturated rings. The fourth-order valence-electron chi connectivity index (χ4n) is 3.42. The van der Waals surface area contributed by atoms with Gasteiger partial charge in [-0.2, -0.15) is 0 Å². The Hall–Kier alpha value is -2.01. The Bertz CT molecular complexity index is 730. The van der Waals surface area contributed by atoms with Crippen LogP contribution in [0, 0.1) is 0 Å². The number of anilines is 3. The summed E-state index contributed by atoms with van der Waals surface area (Å²) in [6.07, 6.45) is 6.63. The van der Waals surface area contributed by atoms with Gasteiger partial charge in [-0.05, 0) is 37.8 Å². The maximum Gasteiger partial charge on any atom is 0.136 e. The number of hydrogen-bond donors (Lipinski definition) is 2. The second kappa shape index (κ2) is 6.13. The number of nitrogens with two attached hydrogens (primary N) is 1. The first kappa shape index (κ1) is 15.5. The summed E-state index contributed by atoms with van der Waals surface area (Å²) < 4.78 is 0. The molecule has 2 aromatic rings. The first-order chi connectivity index (χ1) is 11.6. The lowest BCUT2D eigenvalue weighted by Gasteiger charge is -2.32. The molecule has 0 radical (unpaired) electrons. The minimum Gasteiger partial charge on any atom is -0.381 e. The highest BCUT2D eigenvalue weighted by Gasteiger charge is 2.24. The van der Waals surface area contributed by atoms with E-state index in [2.05, 4.69) is 47.4 Å². The molecule has 5 nitrogen and oxygen atoms in total. The standard InChI is InChI=1S/C19H27N5/c1-23(2)15-5-6-16-17(11-15)19(24-9-7-13(20)8-10-24)21-12-18(16)22-14-3-4-14/h5-6,11-14,22H,3-4,7-10,20H2,1-2H3. The molecule has 5 heteroatoms. The molecule has 1 saturated heterocycles. The van der Waals surface area contributed by atoms with Crippen LogP contribution in [-0.4, -0.2) is 44.3 Å². The molecule has 24 heavy (non-hydrogen) atoms. The SMILES string of the molecule is CN(C)c1ccc2c(NC3CC3)cnc(N3CCC(N)CC3)c2c1. The Balaban J connectivity index is 1.78. The summed E-state index contributed by atoms with van der Waals surface area (Å²) in [5.74, 6) is 1.10. The van der Waals surface area contributed by atoms with Gasteiger partial charge in [0.25, 0.3) is 0 Å². The number of rotatable bonds is 4. The van der Waals surface area contributed by atoms with E-state index in [1.54, 1.807) is 0 Å². The van der Waals surface area contributed by atoms with Crippen molar-refractivity contribution in [3.63, 3.8) is 0 Å². The summed E-state index contributed by atoms with van der Waals surface area (Å²) >= 11 is 0. The molecule has 0 bridgehead atoms. The number of pyridine rings is 1. The lowest BCUT2D eigenvalue weighted by Crippen LogP contribution is -2.40. The van der Waals surface area contributed by atoms with Crippen LogP contribution in [0.2, 0.25) is 0 Å². The highest BCUT2D eigenvalue weighted by atomic mass is 15.2. The number of fused-ring (bicyclic) bond motifs is 1. The lowest BCUT2D eigenvalue weighted by atomic mass is 10.0. The molecule has 1 saturated carbocycles. The highest BCUT2D eigenvalue weighted by molar-refractivity contribution is 6.02. The molecular formula is C19H27N5. The monoisotopic (exact) mass is 325 g/mol. The number of aromatic nitrogens is 1. The van der Waals surface area contributed by atoms with Crippen LogP contribution in [0.4, 0.5) is 17.2 Å². The van der Waals surface area contributed by atoms with Gasteiger partial charge in [0.1, 0.15) is 5.82 Å². The zero-order chi connectivity index (χ0) is 16.7. The number of piperidine rings is 1. The van der Waals surface area contributed by atoms with E-state index in [9.17, 15) is 0 Å². The zero-order valence-corrected chi connectivity index (χ0v) is 14.6. The van der Waals surface area contributed by atoms with Gasteiger partial charge in [-0.3, -0.25) is 0 Å². The molecule has 2 heterocycles. The fraction of sp³-hybridized carbons (Fsp3) is 0.526. The molecule has 0 atom stereocenters. The summed E-state index contributed by atoms with van der Waals surface area (Å²) in [6, 6.07) is 7.65. The van der Waals surface area contributed by atoms with Crippen molar-refractivity contribution in [2.45, 2.75) is 37.8 Å². The first-order valence-corrected chi connectivity index (χ1v) is 8.99. The van der Waals surface area contributed by atoms with Crippen LogP contribution in [-0.2, 0) is 0 Å². The smallest absolute Gasteiger partial charge is 0.136 e. The van der Waals surface area contributed by atoms with Crippen LogP contribution >= 0.6 is 0 Å². The summed E-state index contributed by atoms with van der Waals surface area (Å²) in [5.41, 5.74) is 8.45. The summed E-state index contributed by atoms with van der Waals surface area (Å²) in [6.45, 7) is 1.98. The molecular weight excluding hydrogens is 298 g/mol. The Labute approximate surface area is 143 Å². The van der Waals surface area contributed by atoms with Gasteiger partial charge in [0.15, 0.2) is 0 Å². The quantitative estimate of drug-likeness (QED) is 0.905. The highest BCUT2D eigenvalue weighted by Crippen LogP contribution is 2.36. The van der Waals surface area contributed by atoms with Gasteiger partial charge in [0.05, 0.1) is 11.9 Å². The van der Waals surface area contributed by atoms with Crippen molar-refractivity contribution in [3.05, 3.63) is 24.4 Å². The van der Waals surface area contributed by atoms with Gasteiger partial charge in [-0.15, -0.1) is 0 Å². The van der Waals surface area contributed by atoms with Gasteiger partial charge >= 0.3 is 0 Å². The molecule has 4 rings (SSSR count). The Kier molecular flexibility index (Phi) is 3.96. The maximum absolute atomic E-state index is 6.07. The van der Waals surface area contributed by atoms with E-state index in [4.69, 9.17) is 10.7 Å². The predicted molar refractivity (Wildman–Crippen MR) is 102 cm³/mol. The number of benzene rings is 1. The van der Waals surface area contributed by atoms with Crippen LogP contribution in [0.25, 0.3) is 10.8 Å². The molecule has 128 valence electrons. The van der Waals surface area contributed by atoms with E-state index in [1.165, 1.54) is 29.3 Å². The van der Waals surface area contributed by atoms with Crippen LogP contribution in [0.5, 0.6) is 0 Å². The minimum atomic E-state index is 0.334. The number of nitrogens with one attached hydrogen (secondary N) is 1. The normalized spacial score (nSPS) is 18.9. The molecule has 2 aliphatic rings. The second-order valence-electron chi connectivity index (χ2n) is 7.36. The van der Waals surface area contributed by atoms with E-state index in [1.807, 2.05) is 6.20 Å². The van der Waals surface area contributed by atoms with Crippen LogP contribution in [0.15, 0.2) is 24.4 Å². The third-order valence-corrected chi connectivity index (χ3v) is 5.14. The molecule has 3 N–H and O–H groups in total. The molecule has 1 aromatic carbocycles. The van der Waals surface area contributed by atoms with Crippen LogP contribution in [0.1, 0.15) is 25.7 Å². The lowest BCUT2D eigenvalue weighted by molar-refractivity contribution is 0.499. The number of nitrogens with zero attached hydrogens (tertiary/aromatic N) is 3. The van der Waals surface area contributed by atoms with Gasteiger partial charge in [0, 0.05) is 55.7 Å². The van der Waals surface area contributed by atoms with Gasteiger partial charge in [-0.25, -0.2) is 4.98 Å². The van der Waals surface area contributed by atoms with Crippen molar-refractivity contribution >= 4 is 28.0 Å². The minimum absolute atomic E-state index is 0.334. The first-order valence-electron chi connectivity index (χ1n) is 8.99. The van der Waals surface area contributed by atoms with E-state index in [-0.39, 0.29) is 0 Å². The largest absolute Gasteiger partial charge is 0.381 e. The van der Waals surface area contributed by atoms with Crippen molar-refractivity contribution in [3.8, 4) is 0 Å². The molecule has 1 aliphatic carbocycles. The molecule has 1 aliphatic heterocycles.